The molecule has 0 aliphatic carbocycles. The van der Waals surface area contributed by atoms with Gasteiger partial charge in [0.05, 0.1) is 13.2 Å². The third-order valence-electron chi connectivity index (χ3n) is 3.37. The quantitative estimate of drug-likeness (QED) is 0.652. The monoisotopic (exact) mass is 171 g/mol. The molecule has 1 fully saturated rings. The van der Waals surface area contributed by atoms with Crippen LogP contribution in [0.5, 0.6) is 0 Å². The highest BCUT2D eigenvalue weighted by Crippen LogP contribution is 2.50. The van der Waals surface area contributed by atoms with Crippen molar-refractivity contribution in [2.24, 2.45) is 16.6 Å². The Kier molecular flexibility index (Phi) is 2.05. The molecule has 0 atom stereocenters. The van der Waals surface area contributed by atoms with Crippen LogP contribution in [0.3, 0.4) is 0 Å². The van der Waals surface area contributed by atoms with Crippen molar-refractivity contribution in [2.45, 2.75) is 40.2 Å². The summed E-state index contributed by atoms with van der Waals surface area (Å²) in [5.41, 5.74) is 6.41. The number of hydrogen-bond donors (Lipinski definition) is 1. The lowest BCUT2D eigenvalue weighted by Crippen LogP contribution is -2.67. The van der Waals surface area contributed by atoms with E-state index in [1.165, 1.54) is 0 Å². The fourth-order valence-corrected chi connectivity index (χ4v) is 2.08. The Morgan fingerprint density at radius 3 is 1.50 bits per heavy atom. The molecule has 0 unspecified atom stereocenters. The molecule has 0 aromatic rings. The minimum Gasteiger partial charge on any atom is -0.380 e. The second-order valence-electron chi connectivity index (χ2n) is 5.55. The van der Waals surface area contributed by atoms with Gasteiger partial charge >= 0.3 is 0 Å². The van der Waals surface area contributed by atoms with Gasteiger partial charge in [-0.25, -0.2) is 0 Å². The summed E-state index contributed by atoms with van der Waals surface area (Å²) in [7, 11) is 0. The maximum Gasteiger partial charge on any atom is 0.0567 e. The summed E-state index contributed by atoms with van der Waals surface area (Å²) in [6.07, 6.45) is 0. The summed E-state index contributed by atoms with van der Waals surface area (Å²) >= 11 is 0. The molecular formula is C10H21NO. The highest BCUT2D eigenvalue weighted by atomic mass is 16.5. The van der Waals surface area contributed by atoms with E-state index in [4.69, 9.17) is 10.5 Å². The molecule has 72 valence electrons. The van der Waals surface area contributed by atoms with Crippen molar-refractivity contribution in [3.05, 3.63) is 0 Å². The highest BCUT2D eigenvalue weighted by molar-refractivity contribution is 5.07. The van der Waals surface area contributed by atoms with Gasteiger partial charge in [0, 0.05) is 11.0 Å². The van der Waals surface area contributed by atoms with Crippen LogP contribution >= 0.6 is 0 Å². The third kappa shape index (κ3) is 1.17. The predicted octanol–water partition coefficient (Wildman–Crippen LogP) is 1.79. The highest BCUT2D eigenvalue weighted by Gasteiger charge is 2.56. The first kappa shape index (κ1) is 10.0. The Morgan fingerprint density at radius 2 is 1.50 bits per heavy atom. The van der Waals surface area contributed by atoms with Gasteiger partial charge in [-0.05, 0) is 19.3 Å². The summed E-state index contributed by atoms with van der Waals surface area (Å²) < 4.78 is 5.31. The Labute approximate surface area is 75.5 Å². The van der Waals surface area contributed by atoms with Crippen LogP contribution in [0.15, 0.2) is 0 Å². The van der Waals surface area contributed by atoms with E-state index in [1.54, 1.807) is 0 Å². The van der Waals surface area contributed by atoms with Crippen molar-refractivity contribution in [1.29, 1.82) is 0 Å². The zero-order valence-corrected chi connectivity index (χ0v) is 8.90. The van der Waals surface area contributed by atoms with E-state index in [0.29, 0.717) is 0 Å². The summed E-state index contributed by atoms with van der Waals surface area (Å²) in [6.45, 7) is 12.5. The molecule has 0 bridgehead atoms. The smallest absolute Gasteiger partial charge is 0.0567 e. The SMILES string of the molecule is CC(C)(C)C1(C(C)(C)N)COC1. The standard InChI is InChI=1S/C10H21NO/c1-8(2,3)10(6-12-7-10)9(4,5)11/h6-7,11H2,1-5H3. The van der Waals surface area contributed by atoms with Crippen LogP contribution in [0.1, 0.15) is 34.6 Å². The van der Waals surface area contributed by atoms with E-state index in [-0.39, 0.29) is 16.4 Å². The van der Waals surface area contributed by atoms with Gasteiger partial charge in [0.25, 0.3) is 0 Å². The average Bonchev–Trinajstić information content (AvgIpc) is 1.47. The normalized spacial score (nSPS) is 23.5. The van der Waals surface area contributed by atoms with E-state index < -0.39 is 0 Å². The molecule has 0 radical (unpaired) electrons. The molecule has 0 saturated carbocycles. The van der Waals surface area contributed by atoms with Gasteiger partial charge in [0.1, 0.15) is 0 Å². The minimum absolute atomic E-state index is 0.149. The van der Waals surface area contributed by atoms with E-state index in [1.807, 2.05) is 0 Å². The van der Waals surface area contributed by atoms with Crippen LogP contribution < -0.4 is 5.73 Å². The molecule has 12 heavy (non-hydrogen) atoms. The summed E-state index contributed by atoms with van der Waals surface area (Å²) in [5, 5.41) is 0. The van der Waals surface area contributed by atoms with Crippen LogP contribution in [0.25, 0.3) is 0 Å². The molecule has 1 aliphatic heterocycles. The van der Waals surface area contributed by atoms with Crippen LogP contribution in [-0.4, -0.2) is 18.8 Å². The molecule has 2 heteroatoms. The van der Waals surface area contributed by atoms with Crippen molar-refractivity contribution in [1.82, 2.24) is 0 Å². The number of ether oxygens (including phenoxy) is 1. The Bertz CT molecular complexity index is 153. The second-order valence-corrected chi connectivity index (χ2v) is 5.55. The first-order chi connectivity index (χ1) is 5.21. The fraction of sp³-hybridized carbons (Fsp3) is 1.00. The zero-order valence-electron chi connectivity index (χ0n) is 8.90. The van der Waals surface area contributed by atoms with Gasteiger partial charge < -0.3 is 10.5 Å². The number of nitrogens with two attached hydrogens (primary N) is 1. The van der Waals surface area contributed by atoms with Crippen LogP contribution in [-0.2, 0) is 4.74 Å². The lowest BCUT2D eigenvalue weighted by Gasteiger charge is -2.58. The van der Waals surface area contributed by atoms with Crippen LogP contribution in [0, 0.1) is 10.8 Å². The van der Waals surface area contributed by atoms with Crippen LogP contribution in [0.2, 0.25) is 0 Å². The maximum atomic E-state index is 6.18. The van der Waals surface area contributed by atoms with Gasteiger partial charge in [0.15, 0.2) is 0 Å². The van der Waals surface area contributed by atoms with Gasteiger partial charge in [-0.15, -0.1) is 0 Å². The topological polar surface area (TPSA) is 35.2 Å². The first-order valence-electron chi connectivity index (χ1n) is 4.57. The average molecular weight is 171 g/mol. The van der Waals surface area contributed by atoms with Gasteiger partial charge in [-0.3, -0.25) is 0 Å². The van der Waals surface area contributed by atoms with Gasteiger partial charge in [-0.2, -0.15) is 0 Å². The van der Waals surface area contributed by atoms with Crippen LogP contribution in [0.4, 0.5) is 0 Å². The molecule has 0 spiro atoms. The maximum absolute atomic E-state index is 6.18. The van der Waals surface area contributed by atoms with Crippen molar-refractivity contribution in [3.8, 4) is 0 Å². The van der Waals surface area contributed by atoms with E-state index in [2.05, 4.69) is 34.6 Å². The molecule has 1 saturated heterocycles. The van der Waals surface area contributed by atoms with Crippen molar-refractivity contribution < 1.29 is 4.74 Å². The molecule has 0 aromatic carbocycles. The van der Waals surface area contributed by atoms with Gasteiger partial charge in [0.2, 0.25) is 0 Å². The third-order valence-corrected chi connectivity index (χ3v) is 3.37. The molecule has 1 rings (SSSR count). The molecule has 0 amide bonds. The zero-order chi connectivity index (χ0) is 9.62. The molecule has 2 nitrogen and oxygen atoms in total. The lowest BCUT2D eigenvalue weighted by atomic mass is 9.56. The molecule has 1 aliphatic rings. The lowest BCUT2D eigenvalue weighted by molar-refractivity contribution is -0.202. The molecular weight excluding hydrogens is 150 g/mol. The Hall–Kier alpha value is -0.0800. The van der Waals surface area contributed by atoms with E-state index >= 15 is 0 Å². The molecule has 2 N–H and O–H groups in total. The molecule has 0 aromatic heterocycles. The van der Waals surface area contributed by atoms with E-state index in [9.17, 15) is 0 Å². The minimum atomic E-state index is -0.149. The van der Waals surface area contributed by atoms with Crippen molar-refractivity contribution in [2.75, 3.05) is 13.2 Å². The summed E-state index contributed by atoms with van der Waals surface area (Å²) in [5.74, 6) is 0. The van der Waals surface area contributed by atoms with Crippen molar-refractivity contribution >= 4 is 0 Å². The fourth-order valence-electron chi connectivity index (χ4n) is 2.08. The predicted molar refractivity (Wildman–Crippen MR) is 51.0 cm³/mol. The summed E-state index contributed by atoms with van der Waals surface area (Å²) in [4.78, 5) is 0. The molecule has 1 heterocycles. The van der Waals surface area contributed by atoms with Crippen molar-refractivity contribution in [3.63, 3.8) is 0 Å². The largest absolute Gasteiger partial charge is 0.380 e. The Balaban J connectivity index is 2.92. The van der Waals surface area contributed by atoms with E-state index in [0.717, 1.165) is 13.2 Å². The summed E-state index contributed by atoms with van der Waals surface area (Å²) in [6, 6.07) is 0. The Morgan fingerprint density at radius 1 is 1.08 bits per heavy atom. The second kappa shape index (κ2) is 2.46. The number of hydrogen-bond acceptors (Lipinski definition) is 2. The van der Waals surface area contributed by atoms with Gasteiger partial charge in [-0.1, -0.05) is 20.8 Å². The first-order valence-corrected chi connectivity index (χ1v) is 4.57. The number of rotatable bonds is 1.